The minimum Gasteiger partial charge on any atom is -0.353 e. The van der Waals surface area contributed by atoms with Crippen molar-refractivity contribution in [1.29, 1.82) is 0 Å². The molecule has 23 heavy (non-hydrogen) atoms. The number of carbonyl (C=O) groups is 1. The average Bonchev–Trinajstić information content (AvgIpc) is 3.03. The van der Waals surface area contributed by atoms with Gasteiger partial charge in [-0.3, -0.25) is 4.79 Å². The SMILES string of the molecule is CC(Cc1nc2ccccc2s1)NC(=O)C1CCC(N)C1.Cl.Cl. The Bertz CT molecular complexity index is 616. The van der Waals surface area contributed by atoms with Crippen molar-refractivity contribution in [3.63, 3.8) is 0 Å². The number of fused-ring (bicyclic) bond motifs is 1. The molecule has 0 bridgehead atoms. The molecule has 1 amide bonds. The first-order valence-electron chi connectivity index (χ1n) is 7.52. The Balaban J connectivity index is 0.00000132. The van der Waals surface area contributed by atoms with Gasteiger partial charge in [0.1, 0.15) is 0 Å². The third kappa shape index (κ3) is 5.05. The standard InChI is InChI=1S/C16H21N3OS.2ClH/c1-10(18-16(20)11-6-7-12(17)9-11)8-15-19-13-4-2-3-5-14(13)21-15;;/h2-5,10-12H,6-9,17H2,1H3,(H,18,20);2*1H. The summed E-state index contributed by atoms with van der Waals surface area (Å²) >= 11 is 1.70. The van der Waals surface area contributed by atoms with Crippen LogP contribution >= 0.6 is 36.2 Å². The quantitative estimate of drug-likeness (QED) is 0.860. The fourth-order valence-electron chi connectivity index (χ4n) is 2.94. The van der Waals surface area contributed by atoms with Crippen molar-refractivity contribution < 1.29 is 4.79 Å². The van der Waals surface area contributed by atoms with E-state index in [1.165, 1.54) is 4.70 Å². The van der Waals surface area contributed by atoms with Crippen molar-refractivity contribution in [3.8, 4) is 0 Å². The molecule has 1 aromatic carbocycles. The number of carbonyl (C=O) groups excluding carboxylic acids is 1. The van der Waals surface area contributed by atoms with E-state index in [2.05, 4.69) is 16.4 Å². The monoisotopic (exact) mass is 375 g/mol. The number of amides is 1. The van der Waals surface area contributed by atoms with E-state index in [4.69, 9.17) is 5.73 Å². The molecule has 1 heterocycles. The molecule has 1 fully saturated rings. The lowest BCUT2D eigenvalue weighted by Crippen LogP contribution is -2.38. The number of nitrogens with zero attached hydrogens (tertiary/aromatic N) is 1. The highest BCUT2D eigenvalue weighted by atomic mass is 35.5. The topological polar surface area (TPSA) is 68.0 Å². The smallest absolute Gasteiger partial charge is 0.223 e. The fraction of sp³-hybridized carbons (Fsp3) is 0.500. The number of nitrogens with two attached hydrogens (primary N) is 1. The summed E-state index contributed by atoms with van der Waals surface area (Å²) in [6.45, 7) is 2.04. The summed E-state index contributed by atoms with van der Waals surface area (Å²) in [5, 5.41) is 4.18. The number of halogens is 2. The first-order chi connectivity index (χ1) is 10.1. The van der Waals surface area contributed by atoms with E-state index in [1.54, 1.807) is 11.3 Å². The maximum Gasteiger partial charge on any atom is 0.223 e. The minimum atomic E-state index is 0. The first-order valence-corrected chi connectivity index (χ1v) is 8.34. The number of hydrogen-bond donors (Lipinski definition) is 2. The van der Waals surface area contributed by atoms with Crippen LogP contribution in [0, 0.1) is 5.92 Å². The van der Waals surface area contributed by atoms with Gasteiger partial charge in [-0.1, -0.05) is 12.1 Å². The average molecular weight is 376 g/mol. The summed E-state index contributed by atoms with van der Waals surface area (Å²) in [6.07, 6.45) is 3.48. The number of aromatic nitrogens is 1. The van der Waals surface area contributed by atoms with E-state index in [0.29, 0.717) is 0 Å². The third-order valence-electron chi connectivity index (χ3n) is 4.05. The summed E-state index contributed by atoms with van der Waals surface area (Å²) in [7, 11) is 0. The maximum absolute atomic E-state index is 12.2. The highest BCUT2D eigenvalue weighted by molar-refractivity contribution is 7.18. The van der Waals surface area contributed by atoms with Gasteiger partial charge in [0.2, 0.25) is 5.91 Å². The number of thiazole rings is 1. The summed E-state index contributed by atoms with van der Waals surface area (Å²) in [4.78, 5) is 16.8. The Labute approximate surface area is 153 Å². The molecule has 1 aliphatic rings. The minimum absolute atomic E-state index is 0. The van der Waals surface area contributed by atoms with Crippen LogP contribution < -0.4 is 11.1 Å². The van der Waals surface area contributed by atoms with E-state index in [9.17, 15) is 4.79 Å². The van der Waals surface area contributed by atoms with Crippen LogP contribution in [0.2, 0.25) is 0 Å². The second-order valence-electron chi connectivity index (χ2n) is 5.96. The number of nitrogens with one attached hydrogen (secondary N) is 1. The van der Waals surface area contributed by atoms with Crippen LogP contribution in [-0.4, -0.2) is 23.0 Å². The molecule has 0 saturated heterocycles. The zero-order valence-corrected chi connectivity index (χ0v) is 15.5. The molecular formula is C16H23Cl2N3OS. The number of para-hydroxylation sites is 1. The Morgan fingerprint density at radius 2 is 2.13 bits per heavy atom. The normalized spacial score (nSPS) is 21.3. The highest BCUT2D eigenvalue weighted by Gasteiger charge is 2.28. The van der Waals surface area contributed by atoms with Crippen molar-refractivity contribution in [1.82, 2.24) is 10.3 Å². The zero-order chi connectivity index (χ0) is 14.8. The summed E-state index contributed by atoms with van der Waals surface area (Å²) < 4.78 is 1.20. The largest absolute Gasteiger partial charge is 0.353 e. The van der Waals surface area contributed by atoms with Crippen LogP contribution in [0.1, 0.15) is 31.2 Å². The lowest BCUT2D eigenvalue weighted by Gasteiger charge is -2.16. The fourth-order valence-corrected chi connectivity index (χ4v) is 4.03. The van der Waals surface area contributed by atoms with Crippen molar-refractivity contribution in [2.24, 2.45) is 11.7 Å². The van der Waals surface area contributed by atoms with Crippen molar-refractivity contribution >= 4 is 52.3 Å². The van der Waals surface area contributed by atoms with Gasteiger partial charge in [-0.25, -0.2) is 4.98 Å². The highest BCUT2D eigenvalue weighted by Crippen LogP contribution is 2.25. The van der Waals surface area contributed by atoms with Gasteiger partial charge in [-0.15, -0.1) is 36.2 Å². The molecule has 3 atom stereocenters. The predicted molar refractivity (Wildman–Crippen MR) is 101 cm³/mol. The van der Waals surface area contributed by atoms with Gasteiger partial charge < -0.3 is 11.1 Å². The molecule has 0 radical (unpaired) electrons. The molecule has 0 spiro atoms. The van der Waals surface area contributed by atoms with Gasteiger partial charge >= 0.3 is 0 Å². The van der Waals surface area contributed by atoms with E-state index in [-0.39, 0.29) is 48.7 Å². The Hall–Kier alpha value is -0.880. The van der Waals surface area contributed by atoms with Gasteiger partial charge in [0.25, 0.3) is 0 Å². The number of rotatable bonds is 4. The predicted octanol–water partition coefficient (Wildman–Crippen LogP) is 3.31. The Morgan fingerprint density at radius 3 is 2.78 bits per heavy atom. The lowest BCUT2D eigenvalue weighted by molar-refractivity contribution is -0.125. The second-order valence-corrected chi connectivity index (χ2v) is 7.07. The summed E-state index contributed by atoms with van der Waals surface area (Å²) in [5.74, 6) is 0.245. The first kappa shape index (κ1) is 20.2. The van der Waals surface area contributed by atoms with Crippen molar-refractivity contribution in [2.45, 2.75) is 44.7 Å². The van der Waals surface area contributed by atoms with Crippen LogP contribution in [0.5, 0.6) is 0 Å². The van der Waals surface area contributed by atoms with E-state index in [0.717, 1.165) is 36.2 Å². The van der Waals surface area contributed by atoms with E-state index >= 15 is 0 Å². The Morgan fingerprint density at radius 1 is 1.39 bits per heavy atom. The maximum atomic E-state index is 12.2. The lowest BCUT2D eigenvalue weighted by atomic mass is 10.1. The molecule has 1 saturated carbocycles. The van der Waals surface area contributed by atoms with Crippen molar-refractivity contribution in [3.05, 3.63) is 29.3 Å². The summed E-state index contributed by atoms with van der Waals surface area (Å²) in [6, 6.07) is 8.44. The van der Waals surface area contributed by atoms with E-state index < -0.39 is 0 Å². The molecule has 1 aromatic heterocycles. The van der Waals surface area contributed by atoms with Gasteiger partial charge in [-0.2, -0.15) is 0 Å². The van der Waals surface area contributed by atoms with Crippen LogP contribution in [0.4, 0.5) is 0 Å². The molecular weight excluding hydrogens is 353 g/mol. The number of hydrogen-bond acceptors (Lipinski definition) is 4. The molecule has 4 nitrogen and oxygen atoms in total. The second kappa shape index (κ2) is 8.83. The van der Waals surface area contributed by atoms with E-state index in [1.807, 2.05) is 25.1 Å². The molecule has 7 heteroatoms. The third-order valence-corrected chi connectivity index (χ3v) is 5.11. The van der Waals surface area contributed by atoms with Crippen LogP contribution in [0.25, 0.3) is 10.2 Å². The molecule has 0 aliphatic heterocycles. The molecule has 3 rings (SSSR count). The Kier molecular flexibility index (Phi) is 7.74. The van der Waals surface area contributed by atoms with Crippen LogP contribution in [0.3, 0.4) is 0 Å². The van der Waals surface area contributed by atoms with Crippen molar-refractivity contribution in [2.75, 3.05) is 0 Å². The molecule has 128 valence electrons. The number of benzene rings is 1. The van der Waals surface area contributed by atoms with Gasteiger partial charge in [-0.05, 0) is 38.3 Å². The van der Waals surface area contributed by atoms with Crippen LogP contribution in [0.15, 0.2) is 24.3 Å². The summed E-state index contributed by atoms with van der Waals surface area (Å²) in [5.41, 5.74) is 6.91. The van der Waals surface area contributed by atoms with Crippen LogP contribution in [-0.2, 0) is 11.2 Å². The van der Waals surface area contributed by atoms with Gasteiger partial charge in [0.05, 0.1) is 15.2 Å². The molecule has 2 aromatic rings. The van der Waals surface area contributed by atoms with Gasteiger partial charge in [0, 0.05) is 24.4 Å². The zero-order valence-electron chi connectivity index (χ0n) is 13.0. The molecule has 1 aliphatic carbocycles. The van der Waals surface area contributed by atoms with Gasteiger partial charge in [0.15, 0.2) is 0 Å². The molecule has 3 N–H and O–H groups in total. The molecule has 3 unspecified atom stereocenters.